The monoisotopic (exact) mass is 276 g/mol. The molecule has 1 unspecified atom stereocenters. The first kappa shape index (κ1) is 13.1. The maximum absolute atomic E-state index is 12.5. The van der Waals surface area contributed by atoms with Crippen molar-refractivity contribution >= 4 is 11.8 Å². The van der Waals surface area contributed by atoms with Gasteiger partial charge in [-0.05, 0) is 6.42 Å². The topological polar surface area (TPSA) is 58.4 Å². The van der Waals surface area contributed by atoms with E-state index < -0.39 is 0 Å². The SMILES string of the molecule is CC(=O)N1CCN(C(=O)C2CCn3ccnc3C2)CC1. The second kappa shape index (κ2) is 5.26. The molecule has 6 nitrogen and oxygen atoms in total. The number of piperazine rings is 1. The number of rotatable bonds is 1. The van der Waals surface area contributed by atoms with Gasteiger partial charge in [-0.2, -0.15) is 0 Å². The quantitative estimate of drug-likeness (QED) is 0.733. The van der Waals surface area contributed by atoms with Gasteiger partial charge in [0.05, 0.1) is 0 Å². The molecule has 0 spiro atoms. The minimum Gasteiger partial charge on any atom is -0.339 e. The summed E-state index contributed by atoms with van der Waals surface area (Å²) in [7, 11) is 0. The minimum atomic E-state index is 0.0498. The third-order valence-electron chi connectivity index (χ3n) is 4.34. The molecule has 0 saturated carbocycles. The van der Waals surface area contributed by atoms with E-state index in [4.69, 9.17) is 0 Å². The summed E-state index contributed by atoms with van der Waals surface area (Å²) in [5.41, 5.74) is 0. The summed E-state index contributed by atoms with van der Waals surface area (Å²) in [6.45, 7) is 5.08. The van der Waals surface area contributed by atoms with Gasteiger partial charge in [-0.25, -0.2) is 4.98 Å². The fourth-order valence-electron chi connectivity index (χ4n) is 3.06. The van der Waals surface area contributed by atoms with Crippen LogP contribution in [-0.2, 0) is 22.6 Å². The van der Waals surface area contributed by atoms with E-state index in [1.165, 1.54) is 0 Å². The van der Waals surface area contributed by atoms with Crippen molar-refractivity contribution in [1.29, 1.82) is 0 Å². The number of carbonyl (C=O) groups excluding carboxylic acids is 2. The highest BCUT2D eigenvalue weighted by atomic mass is 16.2. The van der Waals surface area contributed by atoms with Crippen LogP contribution in [0.15, 0.2) is 12.4 Å². The summed E-state index contributed by atoms with van der Waals surface area (Å²) in [6.07, 6.45) is 5.39. The van der Waals surface area contributed by atoms with Gasteiger partial charge in [0.25, 0.3) is 0 Å². The maximum Gasteiger partial charge on any atom is 0.226 e. The van der Waals surface area contributed by atoms with Crippen LogP contribution in [0.25, 0.3) is 0 Å². The number of aromatic nitrogens is 2. The predicted octanol–water partition coefficient (Wildman–Crippen LogP) is 0.136. The summed E-state index contributed by atoms with van der Waals surface area (Å²) in [4.78, 5) is 31.9. The summed E-state index contributed by atoms with van der Waals surface area (Å²) in [5.74, 6) is 1.38. The zero-order chi connectivity index (χ0) is 14.1. The van der Waals surface area contributed by atoms with E-state index in [9.17, 15) is 9.59 Å². The highest BCUT2D eigenvalue weighted by Gasteiger charge is 2.31. The van der Waals surface area contributed by atoms with Crippen molar-refractivity contribution in [3.8, 4) is 0 Å². The van der Waals surface area contributed by atoms with Crippen LogP contribution in [0.2, 0.25) is 0 Å². The summed E-state index contributed by atoms with van der Waals surface area (Å²) < 4.78 is 2.12. The Morgan fingerprint density at radius 2 is 1.85 bits per heavy atom. The van der Waals surface area contributed by atoms with Crippen LogP contribution >= 0.6 is 0 Å². The van der Waals surface area contributed by atoms with Gasteiger partial charge in [0.15, 0.2) is 0 Å². The maximum atomic E-state index is 12.5. The van der Waals surface area contributed by atoms with Gasteiger partial charge in [0.2, 0.25) is 11.8 Å². The van der Waals surface area contributed by atoms with Gasteiger partial charge in [-0.15, -0.1) is 0 Å². The van der Waals surface area contributed by atoms with Crippen molar-refractivity contribution in [1.82, 2.24) is 19.4 Å². The highest BCUT2D eigenvalue weighted by molar-refractivity contribution is 5.80. The van der Waals surface area contributed by atoms with Gasteiger partial charge in [-0.3, -0.25) is 9.59 Å². The molecule has 1 saturated heterocycles. The molecule has 0 aliphatic carbocycles. The Labute approximate surface area is 118 Å². The Morgan fingerprint density at radius 3 is 2.55 bits per heavy atom. The molecule has 1 atom stereocenters. The summed E-state index contributed by atoms with van der Waals surface area (Å²) in [6, 6.07) is 0. The Bertz CT molecular complexity index is 517. The van der Waals surface area contributed by atoms with Gasteiger partial charge in [0.1, 0.15) is 5.82 Å². The van der Waals surface area contributed by atoms with E-state index in [0.29, 0.717) is 26.2 Å². The van der Waals surface area contributed by atoms with Crippen LogP contribution in [0, 0.1) is 5.92 Å². The van der Waals surface area contributed by atoms with Crippen LogP contribution in [0.4, 0.5) is 0 Å². The fourth-order valence-corrected chi connectivity index (χ4v) is 3.06. The van der Waals surface area contributed by atoms with E-state index in [1.54, 1.807) is 18.0 Å². The largest absolute Gasteiger partial charge is 0.339 e. The molecular weight excluding hydrogens is 256 g/mol. The molecule has 108 valence electrons. The first-order chi connectivity index (χ1) is 9.65. The molecule has 0 radical (unpaired) electrons. The predicted molar refractivity (Wildman–Crippen MR) is 72.9 cm³/mol. The van der Waals surface area contributed by atoms with Crippen molar-refractivity contribution in [2.24, 2.45) is 5.92 Å². The molecule has 3 rings (SSSR count). The first-order valence-corrected chi connectivity index (χ1v) is 7.19. The standard InChI is InChI=1S/C14H20N4O2/c1-11(19)16-6-8-18(9-7-16)14(20)12-2-4-17-5-3-15-13(17)10-12/h3,5,12H,2,4,6-10H2,1H3. The molecule has 2 amide bonds. The normalized spacial score (nSPS) is 22.6. The number of fused-ring (bicyclic) bond motifs is 1. The molecule has 1 aromatic heterocycles. The first-order valence-electron chi connectivity index (χ1n) is 7.19. The zero-order valence-electron chi connectivity index (χ0n) is 11.8. The Morgan fingerprint density at radius 1 is 1.15 bits per heavy atom. The lowest BCUT2D eigenvalue weighted by Crippen LogP contribution is -2.52. The average molecular weight is 276 g/mol. The van der Waals surface area contributed by atoms with Crippen molar-refractivity contribution in [2.45, 2.75) is 26.3 Å². The molecule has 0 aromatic carbocycles. The molecular formula is C14H20N4O2. The third-order valence-corrected chi connectivity index (χ3v) is 4.34. The highest BCUT2D eigenvalue weighted by Crippen LogP contribution is 2.21. The van der Waals surface area contributed by atoms with E-state index in [1.807, 2.05) is 11.1 Å². The molecule has 1 aromatic rings. The summed E-state index contributed by atoms with van der Waals surface area (Å²) in [5, 5.41) is 0. The fraction of sp³-hybridized carbons (Fsp3) is 0.643. The van der Waals surface area contributed by atoms with Crippen molar-refractivity contribution in [2.75, 3.05) is 26.2 Å². The van der Waals surface area contributed by atoms with Crippen molar-refractivity contribution in [3.05, 3.63) is 18.2 Å². The van der Waals surface area contributed by atoms with Gasteiger partial charge < -0.3 is 14.4 Å². The van der Waals surface area contributed by atoms with Gasteiger partial charge >= 0.3 is 0 Å². The van der Waals surface area contributed by atoms with Gasteiger partial charge in [-0.1, -0.05) is 0 Å². The Balaban J connectivity index is 1.59. The molecule has 0 bridgehead atoms. The van der Waals surface area contributed by atoms with Crippen molar-refractivity contribution < 1.29 is 9.59 Å². The molecule has 2 aliphatic rings. The lowest BCUT2D eigenvalue weighted by atomic mass is 9.96. The average Bonchev–Trinajstić information content (AvgIpc) is 2.94. The van der Waals surface area contributed by atoms with Crippen LogP contribution in [-0.4, -0.2) is 57.3 Å². The molecule has 0 N–H and O–H groups in total. The number of imidazole rings is 1. The smallest absolute Gasteiger partial charge is 0.226 e. The van der Waals surface area contributed by atoms with Crippen LogP contribution in [0.1, 0.15) is 19.2 Å². The number of carbonyl (C=O) groups is 2. The van der Waals surface area contributed by atoms with E-state index in [-0.39, 0.29) is 17.7 Å². The summed E-state index contributed by atoms with van der Waals surface area (Å²) >= 11 is 0. The lowest BCUT2D eigenvalue weighted by molar-refractivity contribution is -0.141. The number of nitrogens with zero attached hydrogens (tertiary/aromatic N) is 4. The second-order valence-corrected chi connectivity index (χ2v) is 5.56. The Hall–Kier alpha value is -1.85. The number of hydrogen-bond donors (Lipinski definition) is 0. The molecule has 6 heteroatoms. The lowest BCUT2D eigenvalue weighted by Gasteiger charge is -2.36. The van der Waals surface area contributed by atoms with Gasteiger partial charge in [0, 0.05) is 64.4 Å². The number of amides is 2. The van der Waals surface area contributed by atoms with E-state index in [2.05, 4.69) is 9.55 Å². The Kier molecular flexibility index (Phi) is 3.46. The van der Waals surface area contributed by atoms with E-state index in [0.717, 1.165) is 25.2 Å². The third kappa shape index (κ3) is 2.42. The number of hydrogen-bond acceptors (Lipinski definition) is 3. The second-order valence-electron chi connectivity index (χ2n) is 5.56. The molecule has 1 fully saturated rings. The number of aryl methyl sites for hydroxylation is 1. The minimum absolute atomic E-state index is 0.0498. The molecule has 2 aliphatic heterocycles. The zero-order valence-corrected chi connectivity index (χ0v) is 11.8. The molecule has 3 heterocycles. The van der Waals surface area contributed by atoms with Crippen LogP contribution in [0.5, 0.6) is 0 Å². The molecule has 20 heavy (non-hydrogen) atoms. The van der Waals surface area contributed by atoms with Crippen LogP contribution < -0.4 is 0 Å². The van der Waals surface area contributed by atoms with Crippen molar-refractivity contribution in [3.63, 3.8) is 0 Å². The van der Waals surface area contributed by atoms with Crippen LogP contribution in [0.3, 0.4) is 0 Å². The van der Waals surface area contributed by atoms with E-state index >= 15 is 0 Å².